The fourth-order valence-corrected chi connectivity index (χ4v) is 2.19. The SMILES string of the molecule is COc1ccc(C)cc1C(C)NCCC(=O)NC(C)(C)C. The molecular formula is C17H28N2O2. The summed E-state index contributed by atoms with van der Waals surface area (Å²) in [7, 11) is 1.68. The average molecular weight is 292 g/mol. The van der Waals surface area contributed by atoms with Gasteiger partial charge in [-0.05, 0) is 40.7 Å². The van der Waals surface area contributed by atoms with Crippen LogP contribution >= 0.6 is 0 Å². The van der Waals surface area contributed by atoms with E-state index in [0.29, 0.717) is 13.0 Å². The molecule has 1 atom stereocenters. The Morgan fingerprint density at radius 1 is 1.33 bits per heavy atom. The largest absolute Gasteiger partial charge is 0.496 e. The fourth-order valence-electron chi connectivity index (χ4n) is 2.19. The van der Waals surface area contributed by atoms with Crippen molar-refractivity contribution in [1.29, 1.82) is 0 Å². The molecule has 0 saturated heterocycles. The summed E-state index contributed by atoms with van der Waals surface area (Å²) in [5, 5.41) is 6.34. The lowest BCUT2D eigenvalue weighted by Crippen LogP contribution is -2.41. The van der Waals surface area contributed by atoms with Gasteiger partial charge in [0.25, 0.3) is 0 Å². The first-order valence-electron chi connectivity index (χ1n) is 7.42. The maximum atomic E-state index is 11.8. The molecule has 0 bridgehead atoms. The van der Waals surface area contributed by atoms with E-state index < -0.39 is 0 Å². The van der Waals surface area contributed by atoms with Crippen molar-refractivity contribution < 1.29 is 9.53 Å². The zero-order chi connectivity index (χ0) is 16.0. The smallest absolute Gasteiger partial charge is 0.221 e. The second kappa shape index (κ2) is 7.46. The van der Waals surface area contributed by atoms with E-state index in [9.17, 15) is 4.79 Å². The first kappa shape index (κ1) is 17.5. The number of rotatable bonds is 6. The number of carbonyl (C=O) groups is 1. The number of ether oxygens (including phenoxy) is 1. The summed E-state index contributed by atoms with van der Waals surface area (Å²) in [6, 6.07) is 6.27. The molecule has 0 saturated carbocycles. The van der Waals surface area contributed by atoms with Crippen LogP contribution in [0.1, 0.15) is 51.3 Å². The normalized spacial score (nSPS) is 12.9. The van der Waals surface area contributed by atoms with Gasteiger partial charge in [-0.15, -0.1) is 0 Å². The minimum absolute atomic E-state index is 0.0680. The number of aryl methyl sites for hydroxylation is 1. The highest BCUT2D eigenvalue weighted by Gasteiger charge is 2.15. The van der Waals surface area contributed by atoms with Gasteiger partial charge in [-0.2, -0.15) is 0 Å². The van der Waals surface area contributed by atoms with Crippen LogP contribution in [0, 0.1) is 6.92 Å². The van der Waals surface area contributed by atoms with Gasteiger partial charge in [0.15, 0.2) is 0 Å². The van der Waals surface area contributed by atoms with Gasteiger partial charge in [-0.1, -0.05) is 17.7 Å². The highest BCUT2D eigenvalue weighted by molar-refractivity contribution is 5.76. The average Bonchev–Trinajstić information content (AvgIpc) is 2.36. The maximum Gasteiger partial charge on any atom is 0.221 e. The molecular weight excluding hydrogens is 264 g/mol. The minimum Gasteiger partial charge on any atom is -0.496 e. The van der Waals surface area contributed by atoms with Gasteiger partial charge in [0.2, 0.25) is 5.91 Å². The van der Waals surface area contributed by atoms with Crippen molar-refractivity contribution in [2.24, 2.45) is 0 Å². The van der Waals surface area contributed by atoms with Crippen molar-refractivity contribution in [1.82, 2.24) is 10.6 Å². The molecule has 118 valence electrons. The molecule has 4 nitrogen and oxygen atoms in total. The summed E-state index contributed by atoms with van der Waals surface area (Å²) in [5.41, 5.74) is 2.14. The van der Waals surface area contributed by atoms with Crippen LogP contribution in [-0.2, 0) is 4.79 Å². The van der Waals surface area contributed by atoms with E-state index in [0.717, 1.165) is 11.3 Å². The van der Waals surface area contributed by atoms with E-state index in [1.165, 1.54) is 5.56 Å². The topological polar surface area (TPSA) is 50.4 Å². The summed E-state index contributed by atoms with van der Waals surface area (Å²) in [5.74, 6) is 0.943. The van der Waals surface area contributed by atoms with Gasteiger partial charge in [0.05, 0.1) is 7.11 Å². The van der Waals surface area contributed by atoms with Crippen molar-refractivity contribution in [3.63, 3.8) is 0 Å². The molecule has 0 fully saturated rings. The lowest BCUT2D eigenvalue weighted by Gasteiger charge is -2.21. The van der Waals surface area contributed by atoms with Crippen LogP contribution in [0.4, 0.5) is 0 Å². The number of hydrogen-bond donors (Lipinski definition) is 2. The molecule has 0 radical (unpaired) electrons. The molecule has 1 unspecified atom stereocenters. The molecule has 1 aromatic carbocycles. The second-order valence-corrected chi connectivity index (χ2v) is 6.47. The Balaban J connectivity index is 2.53. The number of carbonyl (C=O) groups excluding carboxylic acids is 1. The molecule has 21 heavy (non-hydrogen) atoms. The van der Waals surface area contributed by atoms with Crippen LogP contribution < -0.4 is 15.4 Å². The Hall–Kier alpha value is -1.55. The third-order valence-electron chi connectivity index (χ3n) is 3.17. The molecule has 0 aliphatic carbocycles. The highest BCUT2D eigenvalue weighted by atomic mass is 16.5. The molecule has 0 heterocycles. The van der Waals surface area contributed by atoms with Gasteiger partial charge in [0.1, 0.15) is 5.75 Å². The molecule has 0 aromatic heterocycles. The van der Waals surface area contributed by atoms with Crippen LogP contribution in [0.2, 0.25) is 0 Å². The highest BCUT2D eigenvalue weighted by Crippen LogP contribution is 2.25. The third kappa shape index (κ3) is 6.17. The van der Waals surface area contributed by atoms with Crippen molar-refractivity contribution >= 4 is 5.91 Å². The van der Waals surface area contributed by atoms with Crippen LogP contribution in [0.5, 0.6) is 5.75 Å². The van der Waals surface area contributed by atoms with Gasteiger partial charge < -0.3 is 15.4 Å². The molecule has 4 heteroatoms. The molecule has 0 aliphatic rings. The molecule has 0 aliphatic heterocycles. The number of amides is 1. The summed E-state index contributed by atoms with van der Waals surface area (Å²) in [4.78, 5) is 11.8. The lowest BCUT2D eigenvalue weighted by molar-refractivity contribution is -0.122. The summed E-state index contributed by atoms with van der Waals surface area (Å²) < 4.78 is 5.40. The fraction of sp³-hybridized carbons (Fsp3) is 0.588. The zero-order valence-electron chi connectivity index (χ0n) is 14.0. The minimum atomic E-state index is -0.178. The predicted octanol–water partition coefficient (Wildman–Crippen LogP) is 2.96. The number of benzene rings is 1. The van der Waals surface area contributed by atoms with Crippen LogP contribution in [-0.4, -0.2) is 25.1 Å². The third-order valence-corrected chi connectivity index (χ3v) is 3.17. The van der Waals surface area contributed by atoms with E-state index in [2.05, 4.69) is 30.5 Å². The van der Waals surface area contributed by atoms with E-state index >= 15 is 0 Å². The quantitative estimate of drug-likeness (QED) is 0.847. The van der Waals surface area contributed by atoms with Crippen LogP contribution in [0.3, 0.4) is 0 Å². The summed E-state index contributed by atoms with van der Waals surface area (Å²) >= 11 is 0. The van der Waals surface area contributed by atoms with Crippen LogP contribution in [0.25, 0.3) is 0 Å². The summed E-state index contributed by atoms with van der Waals surface area (Å²) in [6.45, 7) is 10.7. The van der Waals surface area contributed by atoms with Crippen molar-refractivity contribution in [3.05, 3.63) is 29.3 Å². The van der Waals surface area contributed by atoms with E-state index in [-0.39, 0.29) is 17.5 Å². The molecule has 1 aromatic rings. The number of methoxy groups -OCH3 is 1. The summed E-state index contributed by atoms with van der Waals surface area (Å²) in [6.07, 6.45) is 0.468. The van der Waals surface area contributed by atoms with E-state index in [4.69, 9.17) is 4.74 Å². The molecule has 2 N–H and O–H groups in total. The van der Waals surface area contributed by atoms with Crippen molar-refractivity contribution in [3.8, 4) is 5.75 Å². The van der Waals surface area contributed by atoms with Gasteiger partial charge in [-0.25, -0.2) is 0 Å². The molecule has 1 amide bonds. The van der Waals surface area contributed by atoms with Gasteiger partial charge in [0, 0.05) is 30.1 Å². The van der Waals surface area contributed by atoms with Gasteiger partial charge in [-0.3, -0.25) is 4.79 Å². The van der Waals surface area contributed by atoms with Crippen molar-refractivity contribution in [2.45, 2.75) is 52.6 Å². The molecule has 1 rings (SSSR count). The second-order valence-electron chi connectivity index (χ2n) is 6.47. The van der Waals surface area contributed by atoms with Crippen molar-refractivity contribution in [2.75, 3.05) is 13.7 Å². The Labute approximate surface area is 128 Å². The first-order chi connectivity index (χ1) is 9.73. The predicted molar refractivity (Wildman–Crippen MR) is 86.7 cm³/mol. The Morgan fingerprint density at radius 3 is 2.57 bits per heavy atom. The first-order valence-corrected chi connectivity index (χ1v) is 7.42. The van der Waals surface area contributed by atoms with Gasteiger partial charge >= 0.3 is 0 Å². The maximum absolute atomic E-state index is 11.8. The van der Waals surface area contributed by atoms with E-state index in [1.54, 1.807) is 7.11 Å². The Kier molecular flexibility index (Phi) is 6.21. The number of hydrogen-bond acceptors (Lipinski definition) is 3. The monoisotopic (exact) mass is 292 g/mol. The van der Waals surface area contributed by atoms with Crippen LogP contribution in [0.15, 0.2) is 18.2 Å². The molecule has 0 spiro atoms. The lowest BCUT2D eigenvalue weighted by atomic mass is 10.0. The standard InChI is InChI=1S/C17H28N2O2/c1-12-7-8-15(21-6)14(11-12)13(2)18-10-9-16(20)19-17(3,4)5/h7-8,11,13,18H,9-10H2,1-6H3,(H,19,20). The Morgan fingerprint density at radius 2 is 2.00 bits per heavy atom. The zero-order valence-corrected chi connectivity index (χ0v) is 14.0. The number of nitrogens with one attached hydrogen (secondary N) is 2. The Bertz CT molecular complexity index is 478. The van der Waals surface area contributed by atoms with E-state index in [1.807, 2.05) is 32.9 Å².